The highest BCUT2D eigenvalue weighted by Crippen LogP contribution is 2.16. The summed E-state index contributed by atoms with van der Waals surface area (Å²) in [6.07, 6.45) is 2.53. The van der Waals surface area contributed by atoms with Crippen molar-refractivity contribution in [3.05, 3.63) is 23.7 Å². The van der Waals surface area contributed by atoms with Crippen molar-refractivity contribution in [2.75, 3.05) is 7.05 Å². The van der Waals surface area contributed by atoms with E-state index in [0.29, 0.717) is 5.82 Å². The molecule has 1 rings (SSSR count). The fourth-order valence-corrected chi connectivity index (χ4v) is 1.17. The van der Waals surface area contributed by atoms with Gasteiger partial charge in [0.25, 0.3) is 0 Å². The number of rotatable bonds is 1. The molecule has 72 valence electrons. The normalized spacial score (nSPS) is 22.8. The lowest BCUT2D eigenvalue weighted by Gasteiger charge is -2.24. The van der Waals surface area contributed by atoms with Gasteiger partial charge in [-0.3, -0.25) is 0 Å². The Morgan fingerprint density at radius 1 is 1.62 bits per heavy atom. The number of hydrogen-bond donors (Lipinski definition) is 2. The molecule has 1 unspecified atom stereocenters. The zero-order chi connectivity index (χ0) is 10.0. The third-order valence-electron chi connectivity index (χ3n) is 1.90. The Labute approximate surface area is 78.1 Å². The van der Waals surface area contributed by atoms with Crippen LogP contribution in [-0.4, -0.2) is 29.0 Å². The van der Waals surface area contributed by atoms with Crippen LogP contribution in [0, 0.1) is 0 Å². The molecule has 0 aromatic carbocycles. The van der Waals surface area contributed by atoms with Gasteiger partial charge >= 0.3 is 0 Å². The molecule has 4 heteroatoms. The Hall–Kier alpha value is -1.13. The van der Waals surface area contributed by atoms with Gasteiger partial charge in [0.2, 0.25) is 0 Å². The summed E-state index contributed by atoms with van der Waals surface area (Å²) in [6, 6.07) is 0. The average Bonchev–Trinajstić information content (AvgIpc) is 1.98. The zero-order valence-electron chi connectivity index (χ0n) is 8.15. The van der Waals surface area contributed by atoms with Crippen molar-refractivity contribution < 1.29 is 5.11 Å². The van der Waals surface area contributed by atoms with E-state index in [9.17, 15) is 0 Å². The molecule has 0 saturated heterocycles. The standard InChI is InChI=1S/C9H15N3O/c1-6-4-7(2)12(3)9(11-6)5-8(10)13/h4-5,8,13H,10H2,1-3H3/b9-5+. The molecule has 0 bridgehead atoms. The molecule has 0 saturated carbocycles. The van der Waals surface area contributed by atoms with Crippen LogP contribution in [-0.2, 0) is 0 Å². The van der Waals surface area contributed by atoms with Gasteiger partial charge in [-0.25, -0.2) is 4.99 Å². The van der Waals surface area contributed by atoms with Gasteiger partial charge in [0.1, 0.15) is 12.0 Å². The maximum absolute atomic E-state index is 8.98. The van der Waals surface area contributed by atoms with Crippen LogP contribution in [0.5, 0.6) is 0 Å². The highest BCUT2D eigenvalue weighted by Gasteiger charge is 2.11. The van der Waals surface area contributed by atoms with E-state index in [1.807, 2.05) is 31.9 Å². The minimum Gasteiger partial charge on any atom is -0.375 e. The Morgan fingerprint density at radius 3 is 2.77 bits per heavy atom. The summed E-state index contributed by atoms with van der Waals surface area (Å²) in [5.41, 5.74) is 7.24. The Bertz CT molecular complexity index is 289. The van der Waals surface area contributed by atoms with Crippen LogP contribution in [0.3, 0.4) is 0 Å². The van der Waals surface area contributed by atoms with E-state index in [4.69, 9.17) is 10.8 Å². The topological polar surface area (TPSA) is 61.9 Å². The molecule has 0 radical (unpaired) electrons. The number of nitrogens with two attached hydrogens (primary N) is 1. The van der Waals surface area contributed by atoms with Crippen LogP contribution in [0.1, 0.15) is 13.8 Å². The summed E-state index contributed by atoms with van der Waals surface area (Å²) < 4.78 is 0. The van der Waals surface area contributed by atoms with Crippen molar-refractivity contribution in [1.82, 2.24) is 4.90 Å². The van der Waals surface area contributed by atoms with Crippen LogP contribution >= 0.6 is 0 Å². The van der Waals surface area contributed by atoms with Crippen LogP contribution < -0.4 is 5.73 Å². The van der Waals surface area contributed by atoms with E-state index in [2.05, 4.69) is 4.99 Å². The summed E-state index contributed by atoms with van der Waals surface area (Å²) in [7, 11) is 1.88. The molecule has 1 aliphatic rings. The molecule has 1 atom stereocenters. The average molecular weight is 181 g/mol. The first-order chi connectivity index (χ1) is 6.00. The van der Waals surface area contributed by atoms with E-state index in [-0.39, 0.29) is 0 Å². The number of aliphatic imine (C=N–C) groups is 1. The van der Waals surface area contributed by atoms with Crippen molar-refractivity contribution in [2.24, 2.45) is 10.7 Å². The molecule has 0 aromatic rings. The van der Waals surface area contributed by atoms with E-state index in [0.717, 1.165) is 11.4 Å². The van der Waals surface area contributed by atoms with Crippen molar-refractivity contribution in [1.29, 1.82) is 0 Å². The lowest BCUT2D eigenvalue weighted by Crippen LogP contribution is -2.23. The van der Waals surface area contributed by atoms with Crippen LogP contribution in [0.15, 0.2) is 28.7 Å². The van der Waals surface area contributed by atoms with Crippen LogP contribution in [0.2, 0.25) is 0 Å². The monoisotopic (exact) mass is 181 g/mol. The maximum Gasteiger partial charge on any atom is 0.132 e. The summed E-state index contributed by atoms with van der Waals surface area (Å²) in [5.74, 6) is 0.688. The third-order valence-corrected chi connectivity index (χ3v) is 1.90. The first kappa shape index (κ1) is 9.95. The second-order valence-corrected chi connectivity index (χ2v) is 3.11. The molecule has 0 amide bonds. The molecule has 0 aliphatic carbocycles. The molecule has 3 N–H and O–H groups in total. The smallest absolute Gasteiger partial charge is 0.132 e. The summed E-state index contributed by atoms with van der Waals surface area (Å²) in [6.45, 7) is 3.89. The predicted molar refractivity (Wildman–Crippen MR) is 52.9 cm³/mol. The number of allylic oxidation sites excluding steroid dienone is 2. The maximum atomic E-state index is 8.98. The minimum atomic E-state index is -0.958. The van der Waals surface area contributed by atoms with Gasteiger partial charge in [0.05, 0.1) is 0 Å². The molecule has 0 fully saturated rings. The molecular formula is C9H15N3O. The fourth-order valence-electron chi connectivity index (χ4n) is 1.17. The van der Waals surface area contributed by atoms with Gasteiger partial charge in [0.15, 0.2) is 0 Å². The summed E-state index contributed by atoms with van der Waals surface area (Å²) in [5, 5.41) is 8.98. The number of aliphatic hydroxyl groups excluding tert-OH is 1. The Morgan fingerprint density at radius 2 is 2.23 bits per heavy atom. The van der Waals surface area contributed by atoms with Gasteiger partial charge in [-0.1, -0.05) is 0 Å². The van der Waals surface area contributed by atoms with Crippen LogP contribution in [0.25, 0.3) is 0 Å². The highest BCUT2D eigenvalue weighted by atomic mass is 16.3. The number of aliphatic hydroxyl groups is 1. The van der Waals surface area contributed by atoms with Crippen molar-refractivity contribution in [2.45, 2.75) is 20.1 Å². The highest BCUT2D eigenvalue weighted by molar-refractivity contribution is 5.94. The lowest BCUT2D eigenvalue weighted by atomic mass is 10.2. The molecule has 4 nitrogen and oxygen atoms in total. The fraction of sp³-hybridized carbons (Fsp3) is 0.444. The van der Waals surface area contributed by atoms with Crippen LogP contribution in [0.4, 0.5) is 0 Å². The van der Waals surface area contributed by atoms with Crippen molar-refractivity contribution in [3.8, 4) is 0 Å². The van der Waals surface area contributed by atoms with E-state index >= 15 is 0 Å². The SMILES string of the molecule is CC1=CC(C)=N/C(=C\C(N)O)N1C. The van der Waals surface area contributed by atoms with E-state index in [1.165, 1.54) is 6.08 Å². The molecule has 1 heterocycles. The molecular weight excluding hydrogens is 166 g/mol. The van der Waals surface area contributed by atoms with Gasteiger partial charge in [0, 0.05) is 24.5 Å². The largest absolute Gasteiger partial charge is 0.375 e. The first-order valence-corrected chi connectivity index (χ1v) is 4.13. The summed E-state index contributed by atoms with van der Waals surface area (Å²) in [4.78, 5) is 6.12. The molecule has 0 aromatic heterocycles. The second-order valence-electron chi connectivity index (χ2n) is 3.11. The Balaban J connectivity index is 2.96. The van der Waals surface area contributed by atoms with E-state index in [1.54, 1.807) is 0 Å². The molecule has 1 aliphatic heterocycles. The minimum absolute atomic E-state index is 0.688. The van der Waals surface area contributed by atoms with Gasteiger partial charge in [-0.05, 0) is 19.9 Å². The van der Waals surface area contributed by atoms with Gasteiger partial charge in [-0.15, -0.1) is 0 Å². The molecule has 13 heavy (non-hydrogen) atoms. The summed E-state index contributed by atoms with van der Waals surface area (Å²) >= 11 is 0. The quantitative estimate of drug-likeness (QED) is 0.576. The third kappa shape index (κ3) is 2.40. The predicted octanol–water partition coefficient (Wildman–Crippen LogP) is 0.415. The zero-order valence-corrected chi connectivity index (χ0v) is 8.15. The Kier molecular flexibility index (Phi) is 2.85. The first-order valence-electron chi connectivity index (χ1n) is 4.13. The number of nitrogens with zero attached hydrogens (tertiary/aromatic N) is 2. The second kappa shape index (κ2) is 3.72. The van der Waals surface area contributed by atoms with Gasteiger partial charge in [-0.2, -0.15) is 0 Å². The lowest BCUT2D eigenvalue weighted by molar-refractivity contribution is 0.228. The molecule has 0 spiro atoms. The van der Waals surface area contributed by atoms with Crippen molar-refractivity contribution in [3.63, 3.8) is 0 Å². The number of hydrogen-bond acceptors (Lipinski definition) is 4. The van der Waals surface area contributed by atoms with Crippen molar-refractivity contribution >= 4 is 5.71 Å². The van der Waals surface area contributed by atoms with E-state index < -0.39 is 6.23 Å². The van der Waals surface area contributed by atoms with Gasteiger partial charge < -0.3 is 15.7 Å².